The molecule has 0 aliphatic rings. The number of nitrogens with one attached hydrogen (secondary N) is 1. The van der Waals surface area contributed by atoms with E-state index in [0.717, 1.165) is 16.1 Å². The van der Waals surface area contributed by atoms with Crippen LogP contribution in [0.15, 0.2) is 39.9 Å². The number of thiazole rings is 1. The van der Waals surface area contributed by atoms with Crippen LogP contribution in [0.4, 0.5) is 5.69 Å². The molecule has 0 saturated heterocycles. The number of hydrogen-bond donors (Lipinski definition) is 1. The fourth-order valence-corrected chi connectivity index (χ4v) is 6.06. The van der Waals surface area contributed by atoms with Gasteiger partial charge in [-0.05, 0) is 43.0 Å². The molecule has 6 nitrogen and oxygen atoms in total. The van der Waals surface area contributed by atoms with E-state index in [4.69, 9.17) is 0 Å². The van der Waals surface area contributed by atoms with Gasteiger partial charge in [0, 0.05) is 29.7 Å². The summed E-state index contributed by atoms with van der Waals surface area (Å²) in [5.41, 5.74) is 2.91. The van der Waals surface area contributed by atoms with Crippen molar-refractivity contribution < 1.29 is 13.2 Å². The third kappa shape index (κ3) is 4.42. The van der Waals surface area contributed by atoms with Gasteiger partial charge in [-0.1, -0.05) is 19.9 Å². The maximum Gasteiger partial charge on any atom is 0.267 e. The third-order valence-corrected chi connectivity index (χ3v) is 8.51. The summed E-state index contributed by atoms with van der Waals surface area (Å²) in [7, 11) is -3.60. The number of carbonyl (C=O) groups excluding carboxylic acids is 1. The predicted octanol–water partition coefficient (Wildman–Crippen LogP) is 4.77. The monoisotopic (exact) mass is 449 g/mol. The molecule has 0 bridgehead atoms. The fourth-order valence-electron chi connectivity index (χ4n) is 2.90. The first-order chi connectivity index (χ1) is 13.8. The number of nitrogens with zero attached hydrogens (tertiary/aromatic N) is 2. The summed E-state index contributed by atoms with van der Waals surface area (Å²) in [5, 5.41) is 7.62. The van der Waals surface area contributed by atoms with Crippen LogP contribution in [0.1, 0.15) is 34.8 Å². The lowest BCUT2D eigenvalue weighted by molar-refractivity contribution is 0.102. The topological polar surface area (TPSA) is 79.4 Å². The predicted molar refractivity (Wildman–Crippen MR) is 119 cm³/mol. The molecule has 0 spiro atoms. The Balaban J connectivity index is 1.90. The van der Waals surface area contributed by atoms with Crippen molar-refractivity contribution in [3.8, 4) is 10.6 Å². The Kier molecular flexibility index (Phi) is 6.52. The molecule has 2 heterocycles. The molecular formula is C20H23N3O3S3. The molecule has 0 fully saturated rings. The van der Waals surface area contributed by atoms with Gasteiger partial charge in [-0.15, -0.1) is 11.3 Å². The quantitative estimate of drug-likeness (QED) is 0.563. The summed E-state index contributed by atoms with van der Waals surface area (Å²) in [5.74, 6) is -0.290. The molecule has 1 N–H and O–H groups in total. The Labute approximate surface area is 179 Å². The first kappa shape index (κ1) is 21.6. The summed E-state index contributed by atoms with van der Waals surface area (Å²) in [4.78, 5) is 18.1. The van der Waals surface area contributed by atoms with Crippen LogP contribution < -0.4 is 5.32 Å². The number of aromatic nitrogens is 1. The second-order valence-electron chi connectivity index (χ2n) is 6.47. The first-order valence-corrected chi connectivity index (χ1v) is 12.4. The van der Waals surface area contributed by atoms with Gasteiger partial charge in [0.25, 0.3) is 5.91 Å². The maximum atomic E-state index is 12.9. The Morgan fingerprint density at radius 2 is 1.90 bits per heavy atom. The van der Waals surface area contributed by atoms with Crippen molar-refractivity contribution >= 4 is 44.3 Å². The van der Waals surface area contributed by atoms with Gasteiger partial charge < -0.3 is 5.32 Å². The van der Waals surface area contributed by atoms with E-state index < -0.39 is 10.0 Å². The number of anilines is 1. The zero-order valence-electron chi connectivity index (χ0n) is 16.7. The number of benzene rings is 1. The molecule has 29 heavy (non-hydrogen) atoms. The lowest BCUT2D eigenvalue weighted by atomic mass is 10.2. The summed E-state index contributed by atoms with van der Waals surface area (Å²) in [6, 6.07) is 6.78. The Hall–Kier alpha value is -2.07. The zero-order chi connectivity index (χ0) is 21.2. The van der Waals surface area contributed by atoms with Crippen molar-refractivity contribution in [2.75, 3.05) is 18.4 Å². The van der Waals surface area contributed by atoms with E-state index in [1.165, 1.54) is 21.7 Å². The number of thiophene rings is 1. The molecule has 0 saturated carbocycles. The average molecular weight is 450 g/mol. The Morgan fingerprint density at radius 3 is 2.52 bits per heavy atom. The molecular weight excluding hydrogens is 426 g/mol. The standard InChI is InChI=1S/C20H23N3O3S3/c1-5-23(6-2)29(25,26)16-8-7-13(3)17(11-16)22-19(24)18-14(4)21-20(28-18)15-9-10-27-12-15/h7-12H,5-6H2,1-4H3,(H,22,24). The lowest BCUT2D eigenvalue weighted by Crippen LogP contribution is -2.30. The van der Waals surface area contributed by atoms with Crippen LogP contribution in [0.3, 0.4) is 0 Å². The second kappa shape index (κ2) is 8.74. The van der Waals surface area contributed by atoms with Crippen molar-refractivity contribution in [2.24, 2.45) is 0 Å². The van der Waals surface area contributed by atoms with E-state index in [1.807, 2.05) is 23.8 Å². The summed E-state index contributed by atoms with van der Waals surface area (Å²) in [6.07, 6.45) is 0. The fraction of sp³-hybridized carbons (Fsp3) is 0.300. The van der Waals surface area contributed by atoms with Gasteiger partial charge in [0.15, 0.2) is 0 Å². The minimum absolute atomic E-state index is 0.169. The molecule has 2 aromatic heterocycles. The third-order valence-electron chi connectivity index (χ3n) is 4.57. The molecule has 0 radical (unpaired) electrons. The molecule has 0 aliphatic carbocycles. The SMILES string of the molecule is CCN(CC)S(=O)(=O)c1ccc(C)c(NC(=O)c2sc(-c3ccsc3)nc2C)c1. The second-order valence-corrected chi connectivity index (χ2v) is 10.2. The number of aryl methyl sites for hydroxylation is 2. The van der Waals surface area contributed by atoms with E-state index in [2.05, 4.69) is 10.3 Å². The minimum Gasteiger partial charge on any atom is -0.321 e. The molecule has 9 heteroatoms. The van der Waals surface area contributed by atoms with Gasteiger partial charge in [0.05, 0.1) is 10.6 Å². The van der Waals surface area contributed by atoms with Crippen LogP contribution in [0.2, 0.25) is 0 Å². The molecule has 154 valence electrons. The molecule has 3 aromatic rings. The molecule has 3 rings (SSSR count). The maximum absolute atomic E-state index is 12.9. The van der Waals surface area contributed by atoms with E-state index in [0.29, 0.717) is 29.3 Å². The average Bonchev–Trinajstić information content (AvgIpc) is 3.33. The van der Waals surface area contributed by atoms with Gasteiger partial charge in [0.1, 0.15) is 9.88 Å². The van der Waals surface area contributed by atoms with E-state index in [1.54, 1.807) is 44.2 Å². The molecule has 0 aliphatic heterocycles. The molecule has 1 aromatic carbocycles. The highest BCUT2D eigenvalue weighted by molar-refractivity contribution is 7.89. The highest BCUT2D eigenvalue weighted by Crippen LogP contribution is 2.30. The van der Waals surface area contributed by atoms with Crippen LogP contribution >= 0.6 is 22.7 Å². The van der Waals surface area contributed by atoms with Gasteiger partial charge in [-0.25, -0.2) is 13.4 Å². The smallest absolute Gasteiger partial charge is 0.267 e. The van der Waals surface area contributed by atoms with E-state index >= 15 is 0 Å². The van der Waals surface area contributed by atoms with Gasteiger partial charge in [-0.3, -0.25) is 4.79 Å². The first-order valence-electron chi connectivity index (χ1n) is 9.20. The molecule has 0 unspecified atom stereocenters. The van der Waals surface area contributed by atoms with Crippen LogP contribution in [-0.4, -0.2) is 36.7 Å². The number of hydrogen-bond acceptors (Lipinski definition) is 6. The zero-order valence-corrected chi connectivity index (χ0v) is 19.2. The summed E-state index contributed by atoms with van der Waals surface area (Å²) in [6.45, 7) is 8.01. The van der Waals surface area contributed by atoms with Crippen LogP contribution in [-0.2, 0) is 10.0 Å². The lowest BCUT2D eigenvalue weighted by Gasteiger charge is -2.19. The van der Waals surface area contributed by atoms with Crippen LogP contribution in [0.5, 0.6) is 0 Å². The summed E-state index contributed by atoms with van der Waals surface area (Å²) >= 11 is 2.91. The number of sulfonamides is 1. The number of carbonyl (C=O) groups is 1. The van der Waals surface area contributed by atoms with Crippen molar-refractivity contribution in [1.29, 1.82) is 0 Å². The van der Waals surface area contributed by atoms with Crippen molar-refractivity contribution in [2.45, 2.75) is 32.6 Å². The minimum atomic E-state index is -3.60. The Morgan fingerprint density at radius 1 is 1.17 bits per heavy atom. The van der Waals surface area contributed by atoms with Gasteiger partial charge in [0.2, 0.25) is 10.0 Å². The Bertz CT molecular complexity index is 1120. The largest absolute Gasteiger partial charge is 0.321 e. The molecule has 1 amide bonds. The van der Waals surface area contributed by atoms with Gasteiger partial charge >= 0.3 is 0 Å². The number of rotatable bonds is 7. The summed E-state index contributed by atoms with van der Waals surface area (Å²) < 4.78 is 27.0. The molecule has 0 atom stereocenters. The van der Waals surface area contributed by atoms with Crippen molar-refractivity contribution in [1.82, 2.24) is 9.29 Å². The normalized spacial score (nSPS) is 11.8. The van der Waals surface area contributed by atoms with E-state index in [-0.39, 0.29) is 10.8 Å². The van der Waals surface area contributed by atoms with Crippen LogP contribution in [0.25, 0.3) is 10.6 Å². The van der Waals surface area contributed by atoms with Crippen LogP contribution in [0, 0.1) is 13.8 Å². The number of amides is 1. The van der Waals surface area contributed by atoms with Crippen molar-refractivity contribution in [3.63, 3.8) is 0 Å². The van der Waals surface area contributed by atoms with Gasteiger partial charge in [-0.2, -0.15) is 15.6 Å². The highest BCUT2D eigenvalue weighted by Gasteiger charge is 2.23. The van der Waals surface area contributed by atoms with E-state index in [9.17, 15) is 13.2 Å². The van der Waals surface area contributed by atoms with Crippen molar-refractivity contribution in [3.05, 3.63) is 51.2 Å². The highest BCUT2D eigenvalue weighted by atomic mass is 32.2.